The summed E-state index contributed by atoms with van der Waals surface area (Å²) >= 11 is 5.88. The largest absolute Gasteiger partial charge is 0.355 e. The molecule has 0 spiro atoms. The number of nitrogens with one attached hydrogen (secondary N) is 2. The molecule has 0 saturated heterocycles. The summed E-state index contributed by atoms with van der Waals surface area (Å²) in [6, 6.07) is 7.70. The zero-order chi connectivity index (χ0) is 15.5. The van der Waals surface area contributed by atoms with Crippen molar-refractivity contribution in [3.8, 4) is 0 Å². The topological polar surface area (TPSA) is 75.3 Å². The van der Waals surface area contributed by atoms with Crippen molar-refractivity contribution < 1.29 is 13.2 Å². The second kappa shape index (κ2) is 6.34. The zero-order valence-corrected chi connectivity index (χ0v) is 13.4. The van der Waals surface area contributed by atoms with Crippen molar-refractivity contribution in [1.82, 2.24) is 10.0 Å². The van der Waals surface area contributed by atoms with Gasteiger partial charge in [-0.2, -0.15) is 0 Å². The second-order valence-corrected chi connectivity index (χ2v) is 7.75. The molecule has 0 aliphatic heterocycles. The molecule has 1 saturated carbocycles. The van der Waals surface area contributed by atoms with E-state index in [1.54, 1.807) is 0 Å². The minimum Gasteiger partial charge on any atom is -0.355 e. The van der Waals surface area contributed by atoms with Gasteiger partial charge < -0.3 is 5.32 Å². The lowest BCUT2D eigenvalue weighted by molar-refractivity contribution is -0.121. The van der Waals surface area contributed by atoms with E-state index >= 15 is 0 Å². The summed E-state index contributed by atoms with van der Waals surface area (Å²) in [4.78, 5) is 11.7. The number of amides is 1. The SMILES string of the molecule is CS(=O)(=O)NCCC(=O)NCC1(c2ccc(Cl)cc2)CC1. The van der Waals surface area contributed by atoms with Crippen LogP contribution in [0.25, 0.3) is 0 Å². The molecule has 0 heterocycles. The van der Waals surface area contributed by atoms with Gasteiger partial charge in [0.15, 0.2) is 0 Å². The van der Waals surface area contributed by atoms with Crippen molar-refractivity contribution in [3.63, 3.8) is 0 Å². The number of hydrogen-bond donors (Lipinski definition) is 2. The van der Waals surface area contributed by atoms with Crippen LogP contribution < -0.4 is 10.0 Å². The van der Waals surface area contributed by atoms with E-state index in [4.69, 9.17) is 11.6 Å². The minimum absolute atomic E-state index is 0.0184. The normalized spacial score (nSPS) is 16.5. The predicted octanol–water partition coefficient (Wildman–Crippen LogP) is 1.43. The van der Waals surface area contributed by atoms with E-state index in [9.17, 15) is 13.2 Å². The van der Waals surface area contributed by atoms with E-state index < -0.39 is 10.0 Å². The Balaban J connectivity index is 1.80. The Hall–Kier alpha value is -1.11. The first-order chi connectivity index (χ1) is 9.81. The summed E-state index contributed by atoms with van der Waals surface area (Å²) in [6.45, 7) is 0.699. The highest BCUT2D eigenvalue weighted by molar-refractivity contribution is 7.88. The summed E-state index contributed by atoms with van der Waals surface area (Å²) in [5, 5.41) is 3.58. The van der Waals surface area contributed by atoms with Crippen LogP contribution in [0.5, 0.6) is 0 Å². The molecule has 1 amide bonds. The maximum absolute atomic E-state index is 11.7. The van der Waals surface area contributed by atoms with Gasteiger partial charge in [-0.15, -0.1) is 0 Å². The Labute approximate surface area is 130 Å². The Morgan fingerprint density at radius 2 is 1.90 bits per heavy atom. The quantitative estimate of drug-likeness (QED) is 0.794. The molecule has 0 radical (unpaired) electrons. The van der Waals surface area contributed by atoms with Crippen LogP contribution in [0.1, 0.15) is 24.8 Å². The Morgan fingerprint density at radius 3 is 2.43 bits per heavy atom. The van der Waals surface area contributed by atoms with Crippen molar-refractivity contribution in [2.24, 2.45) is 0 Å². The third-order valence-corrected chi connectivity index (χ3v) is 4.63. The van der Waals surface area contributed by atoms with Crippen molar-refractivity contribution >= 4 is 27.5 Å². The third-order valence-electron chi connectivity index (χ3n) is 3.65. The lowest BCUT2D eigenvalue weighted by Gasteiger charge is -2.16. The first-order valence-corrected chi connectivity index (χ1v) is 9.05. The first kappa shape index (κ1) is 16.3. The van der Waals surface area contributed by atoms with E-state index in [-0.39, 0.29) is 24.3 Å². The zero-order valence-electron chi connectivity index (χ0n) is 11.9. The Kier molecular flexibility index (Phi) is 4.91. The van der Waals surface area contributed by atoms with E-state index in [1.807, 2.05) is 24.3 Å². The second-order valence-electron chi connectivity index (χ2n) is 5.48. The van der Waals surface area contributed by atoms with Gasteiger partial charge in [0.25, 0.3) is 0 Å². The Morgan fingerprint density at radius 1 is 1.29 bits per heavy atom. The lowest BCUT2D eigenvalue weighted by atomic mass is 9.96. The summed E-state index contributed by atoms with van der Waals surface area (Å²) in [5.74, 6) is -0.147. The molecule has 5 nitrogen and oxygen atoms in total. The molecule has 2 rings (SSSR count). The summed E-state index contributed by atoms with van der Waals surface area (Å²) in [5.41, 5.74) is 1.20. The van der Waals surface area contributed by atoms with Gasteiger partial charge >= 0.3 is 0 Å². The van der Waals surface area contributed by atoms with Crippen LogP contribution in [0, 0.1) is 0 Å². The van der Waals surface area contributed by atoms with E-state index in [1.165, 1.54) is 5.56 Å². The maximum Gasteiger partial charge on any atom is 0.221 e. The van der Waals surface area contributed by atoms with Gasteiger partial charge in [-0.25, -0.2) is 13.1 Å². The minimum atomic E-state index is -3.24. The molecule has 1 fully saturated rings. The summed E-state index contributed by atoms with van der Waals surface area (Å²) in [7, 11) is -3.24. The molecular weight excluding hydrogens is 312 g/mol. The molecule has 1 aliphatic rings. The van der Waals surface area contributed by atoms with Crippen molar-refractivity contribution in [3.05, 3.63) is 34.9 Å². The monoisotopic (exact) mass is 330 g/mol. The fraction of sp³-hybridized carbons (Fsp3) is 0.500. The standard InChI is InChI=1S/C14H19ClN2O3S/c1-21(19,20)17-9-6-13(18)16-10-14(7-8-14)11-2-4-12(15)5-3-11/h2-5,17H,6-10H2,1H3,(H,16,18). The molecular formula is C14H19ClN2O3S. The summed E-state index contributed by atoms with van der Waals surface area (Å²) in [6.07, 6.45) is 3.29. The predicted molar refractivity (Wildman–Crippen MR) is 82.8 cm³/mol. The van der Waals surface area contributed by atoms with Crippen LogP contribution in [-0.4, -0.2) is 33.7 Å². The fourth-order valence-corrected chi connectivity index (χ4v) is 2.83. The van der Waals surface area contributed by atoms with Crippen LogP contribution in [0.3, 0.4) is 0 Å². The van der Waals surface area contributed by atoms with Gasteiger partial charge in [-0.05, 0) is 30.5 Å². The van der Waals surface area contributed by atoms with E-state index in [0.29, 0.717) is 11.6 Å². The molecule has 116 valence electrons. The van der Waals surface area contributed by atoms with Crippen LogP contribution in [0.4, 0.5) is 0 Å². The van der Waals surface area contributed by atoms with Crippen molar-refractivity contribution in [2.75, 3.05) is 19.3 Å². The highest BCUT2D eigenvalue weighted by Gasteiger charge is 2.44. The van der Waals surface area contributed by atoms with Gasteiger partial charge in [-0.1, -0.05) is 23.7 Å². The molecule has 0 aromatic heterocycles. The fourth-order valence-electron chi connectivity index (χ4n) is 2.23. The van der Waals surface area contributed by atoms with Gasteiger partial charge in [0.2, 0.25) is 15.9 Å². The van der Waals surface area contributed by atoms with Crippen molar-refractivity contribution in [1.29, 1.82) is 0 Å². The molecule has 2 N–H and O–H groups in total. The number of rotatable bonds is 7. The lowest BCUT2D eigenvalue weighted by Crippen LogP contribution is -2.34. The van der Waals surface area contributed by atoms with Crippen LogP contribution >= 0.6 is 11.6 Å². The number of halogens is 1. The average molecular weight is 331 g/mol. The number of hydrogen-bond acceptors (Lipinski definition) is 3. The van der Waals surface area contributed by atoms with Gasteiger partial charge in [0.1, 0.15) is 0 Å². The maximum atomic E-state index is 11.7. The van der Waals surface area contributed by atoms with Crippen LogP contribution in [0.15, 0.2) is 24.3 Å². The molecule has 0 bridgehead atoms. The van der Waals surface area contributed by atoms with Gasteiger partial charge in [0.05, 0.1) is 6.26 Å². The van der Waals surface area contributed by atoms with Crippen LogP contribution in [0.2, 0.25) is 5.02 Å². The Bertz CT molecular complexity index is 610. The summed E-state index contributed by atoms with van der Waals surface area (Å²) < 4.78 is 24.1. The number of carbonyl (C=O) groups is 1. The first-order valence-electron chi connectivity index (χ1n) is 6.78. The van der Waals surface area contributed by atoms with Crippen molar-refractivity contribution in [2.45, 2.75) is 24.7 Å². The highest BCUT2D eigenvalue weighted by Crippen LogP contribution is 2.47. The molecule has 0 atom stereocenters. The van der Waals surface area contributed by atoms with E-state index in [0.717, 1.165) is 19.1 Å². The van der Waals surface area contributed by atoms with E-state index in [2.05, 4.69) is 10.0 Å². The molecule has 0 unspecified atom stereocenters. The molecule has 1 aliphatic carbocycles. The van der Waals surface area contributed by atoms with Crippen LogP contribution in [-0.2, 0) is 20.2 Å². The molecule has 21 heavy (non-hydrogen) atoms. The average Bonchev–Trinajstić information content (AvgIpc) is 3.17. The molecule has 1 aromatic carbocycles. The van der Waals surface area contributed by atoms with Gasteiger partial charge in [-0.3, -0.25) is 4.79 Å². The number of benzene rings is 1. The highest BCUT2D eigenvalue weighted by atomic mass is 35.5. The number of carbonyl (C=O) groups excluding carboxylic acids is 1. The molecule has 7 heteroatoms. The smallest absolute Gasteiger partial charge is 0.221 e. The molecule has 1 aromatic rings. The van der Waals surface area contributed by atoms with Gasteiger partial charge in [0, 0.05) is 29.9 Å². The number of sulfonamides is 1. The third kappa shape index (κ3) is 4.98.